The molecule has 0 saturated heterocycles. The molecule has 0 atom stereocenters. The summed E-state index contributed by atoms with van der Waals surface area (Å²) >= 11 is 0. The Labute approximate surface area is 706 Å². The Morgan fingerprint density at radius 3 is 1.08 bits per heavy atom. The summed E-state index contributed by atoms with van der Waals surface area (Å²) < 4.78 is 39.2. The molecule has 10 aromatic carbocycles. The normalized spacial score (nSPS) is 10.6. The Hall–Kier alpha value is -10.3. The van der Waals surface area contributed by atoms with E-state index in [1.54, 1.807) is 30.6 Å². The molecule has 0 fully saturated rings. The van der Waals surface area contributed by atoms with Gasteiger partial charge in [0.25, 0.3) is 0 Å². The molecule has 16 aromatic rings. The predicted molar refractivity (Wildman–Crippen MR) is 435 cm³/mol. The molecular weight excluding hydrogens is 2040 g/mol. The first-order valence-electron chi connectivity index (χ1n) is 37.2. The van der Waals surface area contributed by atoms with Crippen LogP contribution in [-0.4, -0.2) is 29.9 Å². The van der Waals surface area contributed by atoms with E-state index in [1.165, 1.54) is 66.8 Å². The number of nitrogens with zero attached hydrogens (tertiary/aromatic N) is 6. The molecule has 6 heterocycles. The van der Waals surface area contributed by atoms with Crippen molar-refractivity contribution in [2.75, 3.05) is 0 Å². The molecule has 4 radical (unpaired) electrons. The topological polar surface area (TPSA) is 77.3 Å². The minimum atomic E-state index is -0.390. The summed E-state index contributed by atoms with van der Waals surface area (Å²) in [4.78, 5) is 26.6. The van der Waals surface area contributed by atoms with E-state index in [-0.39, 0.29) is 110 Å². The molecule has 0 spiro atoms. The van der Waals surface area contributed by atoms with Gasteiger partial charge in [0.05, 0.1) is 6.85 Å². The first-order chi connectivity index (χ1) is 53.4. The van der Waals surface area contributed by atoms with Crippen molar-refractivity contribution in [2.45, 2.75) is 62.3 Å². The van der Waals surface area contributed by atoms with E-state index >= 15 is 0 Å². The second kappa shape index (κ2) is 44.2. The predicted octanol–water partition coefficient (Wildman–Crippen LogP) is 24.7. The largest absolute Gasteiger partial charge is 0.305 e. The summed E-state index contributed by atoms with van der Waals surface area (Å²) in [6, 6.07) is 107. The summed E-state index contributed by atoms with van der Waals surface area (Å²) in [5.41, 5.74) is 30.4. The smallest absolute Gasteiger partial charge is 0.0623 e. The Balaban J connectivity index is 0.000000190. The average molecular weight is 2130 g/mol. The molecule has 0 N–H and O–H groups in total. The standard InChI is InChI=1S/2C20H18N.C18H14N.C17H12N.2C12H10N.4Ir/c2*1-14-9-15(2)11-18(10-14)20-12-16(3)19(13-21-20)17-7-5-4-6-8-17;1-14-6-5-13-19-18(14)17-11-9-16(10-12-17)15-7-3-2-4-8-15;1-2-7-14(8-3-1)15-9-6-10-16(13-15)17-11-4-5-12-18-17;2*1-10-6-5-9-13-12(10)11-7-3-2-4-8-11;;;;/h2*4-10,12-13H,1-3H3;2-11,13H,1H3;1-9,11-13H;2*2-7,9H,1H3;;;;/q6*-1;;;;/i;;2D,3D,4D,7D,8D;;;;;;;. The maximum absolute atomic E-state index is 8.03. The fourth-order valence-corrected chi connectivity index (χ4v) is 11.8. The van der Waals surface area contributed by atoms with Gasteiger partial charge < -0.3 is 29.9 Å². The molecule has 16 rings (SSSR count). The van der Waals surface area contributed by atoms with Crippen molar-refractivity contribution in [3.63, 3.8) is 0 Å². The molecule has 109 heavy (non-hydrogen) atoms. The van der Waals surface area contributed by atoms with Crippen molar-refractivity contribution in [2.24, 2.45) is 0 Å². The number of rotatable bonds is 10. The third kappa shape index (κ3) is 25.1. The van der Waals surface area contributed by atoms with Crippen LogP contribution in [0.1, 0.15) is 56.9 Å². The fourth-order valence-electron chi connectivity index (χ4n) is 11.8. The Morgan fingerprint density at radius 2 is 0.688 bits per heavy atom. The van der Waals surface area contributed by atoms with Crippen LogP contribution in [0.5, 0.6) is 0 Å². The van der Waals surface area contributed by atoms with Gasteiger partial charge in [-0.25, -0.2) is 0 Å². The molecular formula is C99H82Ir4N6-6. The molecule has 0 aliphatic carbocycles. The van der Waals surface area contributed by atoms with E-state index in [2.05, 4.69) is 243 Å². The molecule has 10 heteroatoms. The van der Waals surface area contributed by atoms with E-state index in [1.807, 2.05) is 159 Å². The molecule has 0 amide bonds. The van der Waals surface area contributed by atoms with Crippen LogP contribution in [-0.2, 0) is 80.4 Å². The van der Waals surface area contributed by atoms with Gasteiger partial charge in [0.2, 0.25) is 0 Å². The van der Waals surface area contributed by atoms with Crippen molar-refractivity contribution >= 4 is 0 Å². The Bertz CT molecular complexity index is 5380. The second-order valence-electron chi connectivity index (χ2n) is 25.1. The number of pyridine rings is 6. The molecule has 0 saturated carbocycles. The Kier molecular flexibility index (Phi) is 31.8. The van der Waals surface area contributed by atoms with Gasteiger partial charge in [0.15, 0.2) is 0 Å². The van der Waals surface area contributed by atoms with Crippen LogP contribution in [0.25, 0.3) is 112 Å². The maximum atomic E-state index is 8.03. The number of aryl methyl sites for hydroxylation is 9. The van der Waals surface area contributed by atoms with Crippen molar-refractivity contribution < 1.29 is 87.3 Å². The van der Waals surface area contributed by atoms with Crippen LogP contribution >= 0.6 is 0 Å². The third-order valence-electron chi connectivity index (χ3n) is 16.9. The minimum Gasteiger partial charge on any atom is -0.305 e. The van der Waals surface area contributed by atoms with E-state index in [0.29, 0.717) is 5.56 Å². The van der Waals surface area contributed by atoms with E-state index in [4.69, 9.17) is 6.85 Å². The minimum absolute atomic E-state index is 0. The molecule has 0 aliphatic rings. The SMILES string of the molecule is Cc1[c-]c(-c2cc(C)c(-c3ccccc3)cn2)cc(C)c1.Cc1[c-]c(-c2cc(C)c(-c3ccccc3)cn2)cc(C)c1.Cc1cccnc1-c1[c-]cccc1.Cc1cccnc1-c1[c-]cccc1.[2H]c1c([2H])c([2H])c(-c2c[c-]c(-c3ncccc3C)cc2)c([2H])c1[2H].[Ir].[Ir].[Ir].[Ir].[c-]1ccc(-c2ccccc2)cc1-c1ccccn1. The summed E-state index contributed by atoms with van der Waals surface area (Å²) in [7, 11) is 0. The molecule has 6 nitrogen and oxygen atoms in total. The van der Waals surface area contributed by atoms with Crippen LogP contribution in [0.4, 0.5) is 0 Å². The number of benzene rings is 10. The second-order valence-corrected chi connectivity index (χ2v) is 25.1. The quantitative estimate of drug-likeness (QED) is 0.127. The van der Waals surface area contributed by atoms with Gasteiger partial charge in [-0.1, -0.05) is 219 Å². The zero-order chi connectivity index (χ0) is 77.5. The van der Waals surface area contributed by atoms with Gasteiger partial charge in [0.1, 0.15) is 0 Å². The molecule has 550 valence electrons. The van der Waals surface area contributed by atoms with Crippen molar-refractivity contribution in [1.29, 1.82) is 0 Å². The van der Waals surface area contributed by atoms with Gasteiger partial charge in [-0.15, -0.1) is 207 Å². The summed E-state index contributed by atoms with van der Waals surface area (Å²) in [6.45, 7) is 18.7. The van der Waals surface area contributed by atoms with Crippen LogP contribution < -0.4 is 0 Å². The van der Waals surface area contributed by atoms with Crippen molar-refractivity contribution in [3.05, 3.63) is 421 Å². The third-order valence-corrected chi connectivity index (χ3v) is 16.9. The summed E-state index contributed by atoms with van der Waals surface area (Å²) in [5, 5.41) is 0. The average Bonchev–Trinajstić information content (AvgIpc) is 0.776. The molecule has 6 aromatic heterocycles. The number of hydrogen-bond acceptors (Lipinski definition) is 6. The zero-order valence-corrected chi connectivity index (χ0v) is 71.5. The molecule has 0 unspecified atom stereocenters. The zero-order valence-electron chi connectivity index (χ0n) is 66.9. The molecule has 0 aliphatic heterocycles. The van der Waals surface area contributed by atoms with E-state index in [0.717, 1.165) is 84.2 Å². The van der Waals surface area contributed by atoms with Gasteiger partial charge >= 0.3 is 0 Å². The van der Waals surface area contributed by atoms with E-state index in [9.17, 15) is 0 Å². The molecule has 0 bridgehead atoms. The fraction of sp³-hybridized carbons (Fsp3) is 0.0909. The Morgan fingerprint density at radius 1 is 0.266 bits per heavy atom. The van der Waals surface area contributed by atoms with Crippen LogP contribution in [0, 0.1) is 98.7 Å². The van der Waals surface area contributed by atoms with Gasteiger partial charge in [-0.2, -0.15) is 0 Å². The summed E-state index contributed by atoms with van der Waals surface area (Å²) in [6.07, 6.45) is 11.1. The summed E-state index contributed by atoms with van der Waals surface area (Å²) in [5.74, 6) is 0. The van der Waals surface area contributed by atoms with Crippen LogP contribution in [0.3, 0.4) is 0 Å². The van der Waals surface area contributed by atoms with Crippen molar-refractivity contribution in [1.82, 2.24) is 29.9 Å². The van der Waals surface area contributed by atoms with E-state index < -0.39 is 6.04 Å². The first kappa shape index (κ1) is 78.3. The number of aromatic nitrogens is 6. The van der Waals surface area contributed by atoms with Crippen LogP contribution in [0.15, 0.2) is 334 Å². The van der Waals surface area contributed by atoms with Gasteiger partial charge in [-0.05, 0) is 121 Å². The first-order valence-corrected chi connectivity index (χ1v) is 34.7. The van der Waals surface area contributed by atoms with Gasteiger partial charge in [-0.3, -0.25) is 0 Å². The van der Waals surface area contributed by atoms with Crippen LogP contribution in [0.2, 0.25) is 0 Å². The monoisotopic (exact) mass is 2130 g/mol. The number of hydrogen-bond donors (Lipinski definition) is 0. The van der Waals surface area contributed by atoms with Crippen molar-refractivity contribution in [3.8, 4) is 112 Å². The van der Waals surface area contributed by atoms with Gasteiger partial charge in [0, 0.05) is 129 Å². The maximum Gasteiger partial charge on any atom is 0.0623 e.